The van der Waals surface area contributed by atoms with Crippen LogP contribution >= 0.6 is 15.9 Å². The Hall–Kier alpha value is -0.570. The minimum absolute atomic E-state index is 0.246. The normalized spacial score (nSPS) is 38.5. The molecule has 21 heavy (non-hydrogen) atoms. The molecule has 1 atom stereocenters. The van der Waals surface area contributed by atoms with Gasteiger partial charge in [0.15, 0.2) is 11.6 Å². The highest BCUT2D eigenvalue weighted by Gasteiger charge is 2.53. The molecule has 3 heteroatoms. The van der Waals surface area contributed by atoms with Crippen molar-refractivity contribution in [3.05, 3.63) is 29.6 Å². The summed E-state index contributed by atoms with van der Waals surface area (Å²) in [4.78, 5) is 0.277. The fraction of sp³-hybridized carbons (Fsp3) is 0.667. The van der Waals surface area contributed by atoms with Crippen LogP contribution in [0.15, 0.2) is 18.2 Å². The predicted octanol–water partition coefficient (Wildman–Crippen LogP) is 5.49. The summed E-state index contributed by atoms with van der Waals surface area (Å²) < 4.78 is 19.1. The van der Waals surface area contributed by atoms with E-state index in [1.165, 1.54) is 45.6 Å². The van der Waals surface area contributed by atoms with Crippen LogP contribution in [-0.4, -0.2) is 7.11 Å². The lowest BCUT2D eigenvalue weighted by Crippen LogP contribution is -2.47. The molecule has 0 N–H and O–H groups in total. The van der Waals surface area contributed by atoms with Crippen molar-refractivity contribution in [3.63, 3.8) is 0 Å². The summed E-state index contributed by atoms with van der Waals surface area (Å²) in [5, 5.41) is 0. The predicted molar refractivity (Wildman–Crippen MR) is 85.2 cm³/mol. The molecular formula is C18H22BrFO. The summed E-state index contributed by atoms with van der Waals surface area (Å²) in [6, 6.07) is 5.45. The van der Waals surface area contributed by atoms with E-state index in [0.717, 1.165) is 23.3 Å². The fourth-order valence-corrected chi connectivity index (χ4v) is 6.53. The maximum absolute atomic E-state index is 14.0. The molecule has 0 amide bonds. The zero-order chi connectivity index (χ0) is 14.6. The second-order valence-corrected chi connectivity index (χ2v) is 8.45. The minimum atomic E-state index is -0.246. The summed E-state index contributed by atoms with van der Waals surface area (Å²) in [7, 11) is 1.52. The molecule has 4 aliphatic rings. The molecule has 1 unspecified atom stereocenters. The van der Waals surface area contributed by atoms with Crippen LogP contribution in [0.25, 0.3) is 0 Å². The number of methoxy groups -OCH3 is 1. The summed E-state index contributed by atoms with van der Waals surface area (Å²) in [6.07, 6.45) is 8.29. The minimum Gasteiger partial charge on any atom is -0.494 e. The first-order valence-corrected chi connectivity index (χ1v) is 8.99. The molecule has 0 aliphatic heterocycles. The van der Waals surface area contributed by atoms with Crippen LogP contribution in [-0.2, 0) is 0 Å². The molecule has 114 valence electrons. The molecule has 1 nitrogen and oxygen atoms in total. The van der Waals surface area contributed by atoms with Crippen LogP contribution in [0.3, 0.4) is 0 Å². The Labute approximate surface area is 134 Å². The van der Waals surface area contributed by atoms with Crippen molar-refractivity contribution < 1.29 is 9.13 Å². The molecule has 5 rings (SSSR count). The lowest BCUT2D eigenvalue weighted by molar-refractivity contribution is -0.0528. The first-order chi connectivity index (χ1) is 10.1. The standard InChI is InChI=1S/C18H22BrFO/c1-21-16-3-2-14(7-15(16)20)17(19)18-8-11-4-12(9-18)6-13(5-11)10-18/h2-3,7,11-13,17H,4-6,8-10H2,1H3. The highest BCUT2D eigenvalue weighted by molar-refractivity contribution is 9.09. The van der Waals surface area contributed by atoms with Gasteiger partial charge in [-0.3, -0.25) is 0 Å². The van der Waals surface area contributed by atoms with Gasteiger partial charge in [0.1, 0.15) is 0 Å². The molecule has 1 aromatic carbocycles. The van der Waals surface area contributed by atoms with E-state index in [4.69, 9.17) is 4.74 Å². The third kappa shape index (κ3) is 2.23. The Kier molecular flexibility index (Phi) is 3.33. The SMILES string of the molecule is COc1ccc(C(Br)C23CC4CC(CC(C4)C2)C3)cc1F. The number of hydrogen-bond acceptors (Lipinski definition) is 1. The zero-order valence-corrected chi connectivity index (χ0v) is 14.0. The van der Waals surface area contributed by atoms with Crippen molar-refractivity contribution in [1.82, 2.24) is 0 Å². The van der Waals surface area contributed by atoms with Crippen LogP contribution in [0.2, 0.25) is 0 Å². The summed E-state index contributed by atoms with van der Waals surface area (Å²) >= 11 is 3.95. The van der Waals surface area contributed by atoms with E-state index in [9.17, 15) is 4.39 Å². The average molecular weight is 353 g/mol. The first-order valence-electron chi connectivity index (χ1n) is 8.07. The lowest BCUT2D eigenvalue weighted by atomic mass is 9.48. The van der Waals surface area contributed by atoms with Crippen molar-refractivity contribution in [1.29, 1.82) is 0 Å². The summed E-state index contributed by atoms with van der Waals surface area (Å²) in [5.41, 5.74) is 1.44. The van der Waals surface area contributed by atoms with Crippen molar-refractivity contribution in [2.24, 2.45) is 23.2 Å². The van der Waals surface area contributed by atoms with Gasteiger partial charge < -0.3 is 4.74 Å². The monoisotopic (exact) mass is 352 g/mol. The van der Waals surface area contributed by atoms with Crippen LogP contribution in [0.1, 0.15) is 48.9 Å². The van der Waals surface area contributed by atoms with Crippen LogP contribution in [0.5, 0.6) is 5.75 Å². The van der Waals surface area contributed by atoms with E-state index in [2.05, 4.69) is 15.9 Å². The van der Waals surface area contributed by atoms with Crippen molar-refractivity contribution in [3.8, 4) is 5.75 Å². The van der Waals surface area contributed by atoms with Crippen LogP contribution in [0.4, 0.5) is 4.39 Å². The molecule has 0 heterocycles. The smallest absolute Gasteiger partial charge is 0.165 e. The molecule has 1 aromatic rings. The summed E-state index contributed by atoms with van der Waals surface area (Å²) in [5.74, 6) is 2.84. The van der Waals surface area contributed by atoms with Gasteiger partial charge in [-0.05, 0) is 79.4 Å². The molecule has 0 aromatic heterocycles. The van der Waals surface area contributed by atoms with E-state index >= 15 is 0 Å². The van der Waals surface area contributed by atoms with Gasteiger partial charge >= 0.3 is 0 Å². The number of rotatable bonds is 3. The van der Waals surface area contributed by atoms with E-state index in [-0.39, 0.29) is 10.6 Å². The van der Waals surface area contributed by atoms with Gasteiger partial charge in [-0.15, -0.1) is 0 Å². The third-order valence-electron chi connectivity index (χ3n) is 6.09. The number of halogens is 2. The van der Waals surface area contributed by atoms with E-state index < -0.39 is 0 Å². The zero-order valence-electron chi connectivity index (χ0n) is 12.4. The Bertz CT molecular complexity index is 521. The maximum atomic E-state index is 14.0. The van der Waals surface area contributed by atoms with Gasteiger partial charge in [0.25, 0.3) is 0 Å². The molecule has 4 bridgehead atoms. The van der Waals surface area contributed by atoms with Gasteiger partial charge in [0, 0.05) is 4.83 Å². The largest absolute Gasteiger partial charge is 0.494 e. The van der Waals surface area contributed by atoms with E-state index in [0.29, 0.717) is 11.2 Å². The van der Waals surface area contributed by atoms with Crippen molar-refractivity contribution >= 4 is 15.9 Å². The fourth-order valence-electron chi connectivity index (χ4n) is 5.68. The highest BCUT2D eigenvalue weighted by atomic mass is 79.9. The van der Waals surface area contributed by atoms with E-state index in [1.54, 1.807) is 12.1 Å². The second-order valence-electron chi connectivity index (χ2n) is 7.54. The first kappa shape index (κ1) is 14.0. The van der Waals surface area contributed by atoms with E-state index in [1.807, 2.05) is 6.07 Å². The molecule has 0 spiro atoms. The maximum Gasteiger partial charge on any atom is 0.165 e. The number of ether oxygens (including phenoxy) is 1. The van der Waals surface area contributed by atoms with Crippen LogP contribution < -0.4 is 4.74 Å². The van der Waals surface area contributed by atoms with Crippen LogP contribution in [0, 0.1) is 29.0 Å². The Balaban J connectivity index is 1.65. The average Bonchev–Trinajstić information content (AvgIpc) is 2.45. The molecule has 4 saturated carbocycles. The molecule has 0 saturated heterocycles. The van der Waals surface area contributed by atoms with Crippen molar-refractivity contribution in [2.75, 3.05) is 7.11 Å². The molecule has 0 radical (unpaired) electrons. The van der Waals surface area contributed by atoms with Gasteiger partial charge in [0.2, 0.25) is 0 Å². The lowest BCUT2D eigenvalue weighted by Gasteiger charge is -2.58. The van der Waals surface area contributed by atoms with Gasteiger partial charge in [-0.1, -0.05) is 22.0 Å². The number of benzene rings is 1. The second kappa shape index (κ2) is 4.97. The topological polar surface area (TPSA) is 9.23 Å². The Morgan fingerprint density at radius 1 is 1.14 bits per heavy atom. The van der Waals surface area contributed by atoms with Crippen molar-refractivity contribution in [2.45, 2.75) is 43.4 Å². The quantitative estimate of drug-likeness (QED) is 0.653. The Morgan fingerprint density at radius 3 is 2.19 bits per heavy atom. The number of alkyl halides is 1. The number of hydrogen-bond donors (Lipinski definition) is 0. The third-order valence-corrected chi connectivity index (χ3v) is 7.59. The highest BCUT2D eigenvalue weighted by Crippen LogP contribution is 2.65. The van der Waals surface area contributed by atoms with Gasteiger partial charge in [0.05, 0.1) is 7.11 Å². The van der Waals surface area contributed by atoms with Gasteiger partial charge in [-0.25, -0.2) is 4.39 Å². The molecular weight excluding hydrogens is 331 g/mol. The van der Waals surface area contributed by atoms with Gasteiger partial charge in [-0.2, -0.15) is 0 Å². The Morgan fingerprint density at radius 2 is 1.71 bits per heavy atom. The summed E-state index contributed by atoms with van der Waals surface area (Å²) in [6.45, 7) is 0. The molecule has 4 fully saturated rings. The molecule has 4 aliphatic carbocycles.